The summed E-state index contributed by atoms with van der Waals surface area (Å²) in [5.41, 5.74) is 6.64. The van der Waals surface area contributed by atoms with Crippen LogP contribution in [0.5, 0.6) is 0 Å². The zero-order valence-electron chi connectivity index (χ0n) is 15.1. The molecule has 6 nitrogen and oxygen atoms in total. The van der Waals surface area contributed by atoms with Crippen molar-refractivity contribution in [3.8, 4) is 11.5 Å². The highest BCUT2D eigenvalue weighted by Gasteiger charge is 2.35. The number of carbonyl (C=O) groups is 1. The van der Waals surface area contributed by atoms with Crippen LogP contribution in [0.15, 0.2) is 22.6 Å². The molecule has 2 aromatic rings. The molecule has 4 rings (SSSR count). The first kappa shape index (κ1) is 20.7. The van der Waals surface area contributed by atoms with Gasteiger partial charge in [0.15, 0.2) is 0 Å². The molecule has 2 aliphatic rings. The molecule has 3 N–H and O–H groups in total. The first-order chi connectivity index (χ1) is 12.9. The molecule has 0 saturated heterocycles. The molecule has 1 fully saturated rings. The van der Waals surface area contributed by atoms with Crippen LogP contribution < -0.4 is 5.73 Å². The number of oxazole rings is 1. The second kappa shape index (κ2) is 8.14. The van der Waals surface area contributed by atoms with Gasteiger partial charge in [0.25, 0.3) is 0 Å². The number of rotatable bonds is 2. The Hall–Kier alpha value is -2.03. The normalized spacial score (nSPS) is 24.4. The fourth-order valence-electron chi connectivity index (χ4n) is 3.84. The molecule has 2 heterocycles. The van der Waals surface area contributed by atoms with Crippen LogP contribution >= 0.6 is 12.4 Å². The van der Waals surface area contributed by atoms with Gasteiger partial charge in [0.1, 0.15) is 23.1 Å². The third-order valence-electron chi connectivity index (χ3n) is 5.37. The largest absolute Gasteiger partial charge is 0.441 e. The van der Waals surface area contributed by atoms with E-state index < -0.39 is 17.7 Å². The molecule has 28 heavy (non-hydrogen) atoms. The Morgan fingerprint density at radius 3 is 2.64 bits per heavy atom. The lowest BCUT2D eigenvalue weighted by Gasteiger charge is -2.34. The maximum atomic E-state index is 13.4. The van der Waals surface area contributed by atoms with E-state index in [4.69, 9.17) is 10.2 Å². The smallest absolute Gasteiger partial charge is 0.226 e. The number of aromatic nitrogens is 1. The predicted octanol–water partition coefficient (Wildman–Crippen LogP) is 2.41. The summed E-state index contributed by atoms with van der Waals surface area (Å²) in [6, 6.07) is 2.84. The van der Waals surface area contributed by atoms with Crippen molar-refractivity contribution in [3.05, 3.63) is 41.3 Å². The number of aliphatic hydroxyl groups is 1. The number of fused-ring (bicyclic) bond motifs is 1. The van der Waals surface area contributed by atoms with Gasteiger partial charge in [0, 0.05) is 36.6 Å². The Bertz CT molecular complexity index is 856. The fraction of sp³-hybridized carbons (Fsp3) is 0.474. The Labute approximate surface area is 167 Å². The molecule has 1 aliphatic heterocycles. The number of nitrogens with two attached hydrogens (primary N) is 1. The lowest BCUT2D eigenvalue weighted by molar-refractivity contribution is -0.139. The lowest BCUT2D eigenvalue weighted by atomic mass is 9.83. The van der Waals surface area contributed by atoms with Gasteiger partial charge >= 0.3 is 0 Å². The van der Waals surface area contributed by atoms with Gasteiger partial charge in [-0.1, -0.05) is 0 Å². The Morgan fingerprint density at radius 2 is 1.96 bits per heavy atom. The number of hydrogen-bond donors (Lipinski definition) is 2. The van der Waals surface area contributed by atoms with E-state index in [-0.39, 0.29) is 48.3 Å². The quantitative estimate of drug-likeness (QED) is 0.788. The minimum atomic E-state index is -0.702. The Kier molecular flexibility index (Phi) is 6.02. The first-order valence-corrected chi connectivity index (χ1v) is 9.08. The van der Waals surface area contributed by atoms with Gasteiger partial charge in [-0.3, -0.25) is 4.79 Å². The number of carbonyl (C=O) groups excluding carboxylic acids is 1. The summed E-state index contributed by atoms with van der Waals surface area (Å²) in [7, 11) is 0. The zero-order chi connectivity index (χ0) is 19.1. The number of hydrogen-bond acceptors (Lipinski definition) is 5. The zero-order valence-corrected chi connectivity index (χ0v) is 15.9. The molecule has 1 aromatic heterocycles. The van der Waals surface area contributed by atoms with E-state index in [1.807, 2.05) is 0 Å². The van der Waals surface area contributed by atoms with Crippen molar-refractivity contribution in [2.24, 2.45) is 11.7 Å². The Morgan fingerprint density at radius 1 is 1.25 bits per heavy atom. The van der Waals surface area contributed by atoms with Crippen LogP contribution in [0.25, 0.3) is 11.5 Å². The van der Waals surface area contributed by atoms with Crippen LogP contribution in [0.2, 0.25) is 0 Å². The molecule has 152 valence electrons. The van der Waals surface area contributed by atoms with E-state index in [1.165, 1.54) is 0 Å². The molecule has 0 unspecified atom stereocenters. The number of amides is 1. The minimum Gasteiger partial charge on any atom is -0.441 e. The van der Waals surface area contributed by atoms with Crippen molar-refractivity contribution < 1.29 is 23.1 Å². The molecular weight excluding hydrogens is 392 g/mol. The van der Waals surface area contributed by atoms with E-state index in [1.54, 1.807) is 4.90 Å². The van der Waals surface area contributed by atoms with Crippen LogP contribution in [-0.4, -0.2) is 39.6 Å². The second-order valence-corrected chi connectivity index (χ2v) is 7.30. The third-order valence-corrected chi connectivity index (χ3v) is 5.37. The summed E-state index contributed by atoms with van der Waals surface area (Å²) in [6.07, 6.45) is 1.48. The van der Waals surface area contributed by atoms with Gasteiger partial charge in [-0.05, 0) is 31.4 Å². The number of halogens is 3. The van der Waals surface area contributed by atoms with Crippen LogP contribution in [-0.2, 0) is 17.8 Å². The summed E-state index contributed by atoms with van der Waals surface area (Å²) in [6.45, 7) is 0.769. The molecule has 3 atom stereocenters. The van der Waals surface area contributed by atoms with Gasteiger partial charge in [-0.25, -0.2) is 13.8 Å². The van der Waals surface area contributed by atoms with Gasteiger partial charge in [-0.15, -0.1) is 12.4 Å². The SMILES string of the molecule is Cl.N[C@@H]1CC[C@H](C(=O)N2CCc3oc(-c4cc(F)cc(F)c4)nc3C2)C[C@H]1O. The first-order valence-electron chi connectivity index (χ1n) is 9.08. The highest BCUT2D eigenvalue weighted by atomic mass is 35.5. The van der Waals surface area contributed by atoms with Gasteiger partial charge in [0.05, 0.1) is 12.6 Å². The molecule has 0 radical (unpaired) electrons. The average Bonchev–Trinajstić information content (AvgIpc) is 3.06. The molecule has 0 bridgehead atoms. The van der Waals surface area contributed by atoms with Crippen molar-refractivity contribution >= 4 is 18.3 Å². The van der Waals surface area contributed by atoms with E-state index in [2.05, 4.69) is 4.98 Å². The van der Waals surface area contributed by atoms with Gasteiger partial charge in [-0.2, -0.15) is 0 Å². The van der Waals surface area contributed by atoms with Crippen molar-refractivity contribution in [3.63, 3.8) is 0 Å². The monoisotopic (exact) mass is 413 g/mol. The summed E-state index contributed by atoms with van der Waals surface area (Å²) < 4.78 is 32.5. The summed E-state index contributed by atoms with van der Waals surface area (Å²) >= 11 is 0. The topological polar surface area (TPSA) is 92.6 Å². The van der Waals surface area contributed by atoms with Gasteiger partial charge < -0.3 is 20.2 Å². The van der Waals surface area contributed by atoms with E-state index in [9.17, 15) is 18.7 Å². The molecule has 1 aliphatic carbocycles. The summed E-state index contributed by atoms with van der Waals surface area (Å²) in [4.78, 5) is 18.8. The summed E-state index contributed by atoms with van der Waals surface area (Å²) in [5, 5.41) is 9.94. The number of aliphatic hydroxyl groups excluding tert-OH is 1. The highest BCUT2D eigenvalue weighted by Crippen LogP contribution is 2.30. The maximum absolute atomic E-state index is 13.4. The van der Waals surface area contributed by atoms with Crippen molar-refractivity contribution in [1.29, 1.82) is 0 Å². The van der Waals surface area contributed by atoms with Gasteiger partial charge in [0.2, 0.25) is 11.8 Å². The number of nitrogens with zero attached hydrogens (tertiary/aromatic N) is 2. The molecule has 1 aromatic carbocycles. The van der Waals surface area contributed by atoms with E-state index in [0.29, 0.717) is 43.7 Å². The fourth-order valence-corrected chi connectivity index (χ4v) is 3.84. The highest BCUT2D eigenvalue weighted by molar-refractivity contribution is 5.85. The molecule has 0 spiro atoms. The van der Waals surface area contributed by atoms with Crippen molar-refractivity contribution in [2.45, 2.75) is 44.4 Å². The summed E-state index contributed by atoms with van der Waals surface area (Å²) in [5.74, 6) is -0.895. The third kappa shape index (κ3) is 4.04. The molecular formula is C19H22ClF2N3O3. The average molecular weight is 414 g/mol. The Balaban J connectivity index is 0.00000225. The minimum absolute atomic E-state index is 0. The molecule has 1 amide bonds. The van der Waals surface area contributed by atoms with E-state index >= 15 is 0 Å². The van der Waals surface area contributed by atoms with Crippen LogP contribution in [0.1, 0.15) is 30.7 Å². The van der Waals surface area contributed by atoms with Crippen molar-refractivity contribution in [1.82, 2.24) is 9.88 Å². The maximum Gasteiger partial charge on any atom is 0.226 e. The van der Waals surface area contributed by atoms with Crippen molar-refractivity contribution in [2.75, 3.05) is 6.54 Å². The number of benzene rings is 1. The van der Waals surface area contributed by atoms with Crippen LogP contribution in [0.3, 0.4) is 0 Å². The lowest BCUT2D eigenvalue weighted by Crippen LogP contribution is -2.46. The standard InChI is InChI=1S/C19H21F2N3O3.ClH/c20-12-5-11(6-13(21)8-12)18-23-15-9-24(4-3-17(15)27-18)19(26)10-1-2-14(22)16(25)7-10;/h5-6,8,10,14,16,25H,1-4,7,9,22H2;1H/t10-,14+,16+;/m0./s1. The predicted molar refractivity (Wildman–Crippen MR) is 99.5 cm³/mol. The molecule has 9 heteroatoms. The van der Waals surface area contributed by atoms with Crippen LogP contribution in [0.4, 0.5) is 8.78 Å². The van der Waals surface area contributed by atoms with Crippen LogP contribution in [0, 0.1) is 17.6 Å². The second-order valence-electron chi connectivity index (χ2n) is 7.30. The molecule has 1 saturated carbocycles. The van der Waals surface area contributed by atoms with E-state index in [0.717, 1.165) is 18.2 Å².